The highest BCUT2D eigenvalue weighted by molar-refractivity contribution is 5.90. The number of hydrogen-bond donors (Lipinski definition) is 2. The molecule has 110 valence electrons. The lowest BCUT2D eigenvalue weighted by Crippen LogP contribution is -2.38. The van der Waals surface area contributed by atoms with Gasteiger partial charge in [0.05, 0.1) is 11.6 Å². The molecule has 2 atom stereocenters. The summed E-state index contributed by atoms with van der Waals surface area (Å²) in [4.78, 5) is 7.79. The molecule has 0 bridgehead atoms. The van der Waals surface area contributed by atoms with E-state index in [1.54, 1.807) is 6.92 Å². The Morgan fingerprint density at radius 2 is 2.27 bits per heavy atom. The maximum atomic E-state index is 9.39. The molecule has 2 aromatic heterocycles. The summed E-state index contributed by atoms with van der Waals surface area (Å²) in [5.74, 6) is 1.17. The molecule has 4 rings (SSSR count). The van der Waals surface area contributed by atoms with Crippen LogP contribution in [0.25, 0.3) is 10.9 Å². The van der Waals surface area contributed by atoms with Crippen molar-refractivity contribution in [3.8, 4) is 6.07 Å². The lowest BCUT2D eigenvalue weighted by Gasteiger charge is -2.27. The predicted octanol–water partition coefficient (Wildman–Crippen LogP) is 2.35. The number of nitriles is 1. The molecular formula is C16H15N5O. The zero-order valence-electron chi connectivity index (χ0n) is 12.3. The van der Waals surface area contributed by atoms with Crippen LogP contribution in [0.3, 0.4) is 0 Å². The third kappa shape index (κ3) is 1.83. The van der Waals surface area contributed by atoms with E-state index in [4.69, 9.17) is 4.52 Å². The van der Waals surface area contributed by atoms with Gasteiger partial charge in [-0.3, -0.25) is 5.32 Å². The monoisotopic (exact) mass is 293 g/mol. The van der Waals surface area contributed by atoms with Crippen molar-refractivity contribution in [3.63, 3.8) is 0 Å². The Morgan fingerprint density at radius 3 is 3.00 bits per heavy atom. The third-order valence-electron chi connectivity index (χ3n) is 4.13. The SMILES string of the molecule is Cc1nc(C2NC(C)Cc3c2[nH]c2cccc(C#N)c32)no1. The van der Waals surface area contributed by atoms with Crippen LogP contribution < -0.4 is 5.32 Å². The lowest BCUT2D eigenvalue weighted by atomic mass is 9.93. The minimum atomic E-state index is -0.143. The Kier molecular flexibility index (Phi) is 2.78. The number of nitrogens with zero attached hydrogens (tertiary/aromatic N) is 3. The van der Waals surface area contributed by atoms with E-state index in [0.29, 0.717) is 17.3 Å². The molecule has 1 aliphatic rings. The molecule has 0 saturated carbocycles. The second-order valence-corrected chi connectivity index (χ2v) is 5.73. The molecule has 0 amide bonds. The summed E-state index contributed by atoms with van der Waals surface area (Å²) in [5.41, 5.74) is 3.87. The number of aryl methyl sites for hydroxylation is 1. The van der Waals surface area contributed by atoms with E-state index in [2.05, 4.69) is 33.4 Å². The van der Waals surface area contributed by atoms with Crippen molar-refractivity contribution < 1.29 is 4.52 Å². The smallest absolute Gasteiger partial charge is 0.223 e. The van der Waals surface area contributed by atoms with Crippen molar-refractivity contribution in [1.29, 1.82) is 5.26 Å². The van der Waals surface area contributed by atoms with Gasteiger partial charge in [-0.15, -0.1) is 0 Å². The first-order chi connectivity index (χ1) is 10.7. The van der Waals surface area contributed by atoms with Crippen LogP contribution in [-0.4, -0.2) is 21.2 Å². The van der Waals surface area contributed by atoms with Crippen LogP contribution in [0.5, 0.6) is 0 Å². The van der Waals surface area contributed by atoms with Crippen molar-refractivity contribution >= 4 is 10.9 Å². The van der Waals surface area contributed by atoms with E-state index in [9.17, 15) is 5.26 Å². The summed E-state index contributed by atoms with van der Waals surface area (Å²) < 4.78 is 5.12. The Hall–Kier alpha value is -2.65. The molecule has 3 heterocycles. The van der Waals surface area contributed by atoms with Crippen molar-refractivity contribution in [3.05, 3.63) is 46.7 Å². The van der Waals surface area contributed by atoms with E-state index in [1.807, 2.05) is 18.2 Å². The van der Waals surface area contributed by atoms with Gasteiger partial charge in [-0.2, -0.15) is 10.2 Å². The summed E-state index contributed by atoms with van der Waals surface area (Å²) in [6, 6.07) is 8.16. The standard InChI is InChI=1S/C16H15N5O/c1-8-6-11-13-10(7-17)4-3-5-12(13)20-14(11)15(18-8)16-19-9(2)22-21-16/h3-5,8,15,18,20H,6H2,1-2H3. The highest BCUT2D eigenvalue weighted by atomic mass is 16.5. The molecule has 0 fully saturated rings. The van der Waals surface area contributed by atoms with Crippen LogP contribution in [-0.2, 0) is 6.42 Å². The molecule has 2 N–H and O–H groups in total. The average Bonchev–Trinajstić information content (AvgIpc) is 3.10. The summed E-state index contributed by atoms with van der Waals surface area (Å²) in [6.45, 7) is 3.90. The molecule has 3 aromatic rings. The van der Waals surface area contributed by atoms with E-state index < -0.39 is 0 Å². The Balaban J connectivity index is 1.97. The lowest BCUT2D eigenvalue weighted by molar-refractivity contribution is 0.372. The van der Waals surface area contributed by atoms with E-state index in [-0.39, 0.29) is 12.1 Å². The molecule has 0 spiro atoms. The third-order valence-corrected chi connectivity index (χ3v) is 4.13. The van der Waals surface area contributed by atoms with E-state index >= 15 is 0 Å². The number of H-pyrrole nitrogens is 1. The molecule has 0 saturated heterocycles. The van der Waals surface area contributed by atoms with Crippen LogP contribution in [0.4, 0.5) is 0 Å². The molecule has 6 heteroatoms. The number of hydrogen-bond acceptors (Lipinski definition) is 5. The minimum Gasteiger partial charge on any atom is -0.356 e. The first kappa shape index (κ1) is 13.0. The summed E-state index contributed by atoms with van der Waals surface area (Å²) in [7, 11) is 0. The fourth-order valence-electron chi connectivity index (χ4n) is 3.26. The van der Waals surface area contributed by atoms with Crippen molar-refractivity contribution in [1.82, 2.24) is 20.4 Å². The number of fused-ring (bicyclic) bond motifs is 3. The second kappa shape index (κ2) is 4.68. The van der Waals surface area contributed by atoms with Gasteiger partial charge in [-0.05, 0) is 31.0 Å². The molecule has 0 radical (unpaired) electrons. The predicted molar refractivity (Wildman–Crippen MR) is 80.2 cm³/mol. The topological polar surface area (TPSA) is 90.5 Å². The molecular weight excluding hydrogens is 278 g/mol. The van der Waals surface area contributed by atoms with Crippen LogP contribution in [0.2, 0.25) is 0 Å². The van der Waals surface area contributed by atoms with Crippen LogP contribution in [0, 0.1) is 18.3 Å². The van der Waals surface area contributed by atoms with Gasteiger partial charge in [-0.25, -0.2) is 0 Å². The van der Waals surface area contributed by atoms with Crippen LogP contribution >= 0.6 is 0 Å². The quantitative estimate of drug-likeness (QED) is 0.718. The fourth-order valence-corrected chi connectivity index (χ4v) is 3.26. The zero-order chi connectivity index (χ0) is 15.3. The largest absolute Gasteiger partial charge is 0.356 e. The Labute approximate surface area is 127 Å². The Bertz CT molecular complexity index is 901. The number of nitrogens with one attached hydrogen (secondary N) is 2. The molecule has 1 aromatic carbocycles. The van der Waals surface area contributed by atoms with Crippen LogP contribution in [0.1, 0.15) is 41.5 Å². The van der Waals surface area contributed by atoms with Gasteiger partial charge in [-0.1, -0.05) is 11.2 Å². The van der Waals surface area contributed by atoms with Crippen molar-refractivity contribution in [2.24, 2.45) is 0 Å². The van der Waals surface area contributed by atoms with Gasteiger partial charge in [0.2, 0.25) is 5.89 Å². The number of rotatable bonds is 1. The van der Waals surface area contributed by atoms with E-state index in [0.717, 1.165) is 23.0 Å². The highest BCUT2D eigenvalue weighted by Crippen LogP contribution is 2.35. The minimum absolute atomic E-state index is 0.143. The first-order valence-electron chi connectivity index (χ1n) is 7.27. The maximum Gasteiger partial charge on any atom is 0.223 e. The zero-order valence-corrected chi connectivity index (χ0v) is 12.3. The van der Waals surface area contributed by atoms with Gasteiger partial charge in [0.25, 0.3) is 0 Å². The molecule has 0 aliphatic carbocycles. The van der Waals surface area contributed by atoms with Gasteiger partial charge in [0.15, 0.2) is 5.82 Å². The van der Waals surface area contributed by atoms with E-state index in [1.165, 1.54) is 5.56 Å². The number of aromatic amines is 1. The summed E-state index contributed by atoms with van der Waals surface area (Å²) in [6.07, 6.45) is 0.862. The number of benzene rings is 1. The Morgan fingerprint density at radius 1 is 1.41 bits per heavy atom. The molecule has 22 heavy (non-hydrogen) atoms. The molecule has 6 nitrogen and oxygen atoms in total. The normalized spacial score (nSPS) is 20.8. The number of aromatic nitrogens is 3. The van der Waals surface area contributed by atoms with Crippen molar-refractivity contribution in [2.45, 2.75) is 32.4 Å². The first-order valence-corrected chi connectivity index (χ1v) is 7.27. The second-order valence-electron chi connectivity index (χ2n) is 5.73. The van der Waals surface area contributed by atoms with Gasteiger partial charge in [0.1, 0.15) is 6.04 Å². The van der Waals surface area contributed by atoms with Crippen molar-refractivity contribution in [2.75, 3.05) is 0 Å². The van der Waals surface area contributed by atoms with Crippen LogP contribution in [0.15, 0.2) is 22.7 Å². The summed E-state index contributed by atoms with van der Waals surface area (Å²) in [5, 5.41) is 18.0. The van der Waals surface area contributed by atoms with Gasteiger partial charge in [0, 0.05) is 29.6 Å². The average molecular weight is 293 g/mol. The summed E-state index contributed by atoms with van der Waals surface area (Å²) >= 11 is 0. The fraction of sp³-hybridized carbons (Fsp3) is 0.312. The van der Waals surface area contributed by atoms with Gasteiger partial charge >= 0.3 is 0 Å². The molecule has 2 unspecified atom stereocenters. The molecule has 1 aliphatic heterocycles. The maximum absolute atomic E-state index is 9.39. The van der Waals surface area contributed by atoms with Gasteiger partial charge < -0.3 is 9.51 Å². The highest BCUT2D eigenvalue weighted by Gasteiger charge is 2.32.